The fourth-order valence-corrected chi connectivity index (χ4v) is 5.05. The molecule has 0 aromatic carbocycles. The molecule has 3 aromatic rings. The van der Waals surface area contributed by atoms with Gasteiger partial charge < -0.3 is 10.1 Å². The normalized spacial score (nSPS) is 13.4. The van der Waals surface area contributed by atoms with Gasteiger partial charge in [-0.3, -0.25) is 9.20 Å². The van der Waals surface area contributed by atoms with Gasteiger partial charge in [-0.2, -0.15) is 0 Å². The Morgan fingerprint density at radius 1 is 1.29 bits per heavy atom. The van der Waals surface area contributed by atoms with Crippen LogP contribution in [0.25, 0.3) is 5.65 Å². The van der Waals surface area contributed by atoms with Gasteiger partial charge in [0.1, 0.15) is 16.3 Å². The molecule has 1 amide bonds. The Bertz CT molecular complexity index is 1080. The third-order valence-electron chi connectivity index (χ3n) is 5.05. The molecule has 0 spiro atoms. The standard InChI is InChI=1S/C21H23N3O3S/c1-4-27-21(26)17-14-7-5-6-8-15(14)28-20(17)23-19(25)18-13(3)22-16-11-12(2)9-10-24(16)18/h9-11H,4-8H2,1-3H3,(H,23,25). The number of thiophene rings is 1. The topological polar surface area (TPSA) is 72.7 Å². The van der Waals surface area contributed by atoms with E-state index in [-0.39, 0.29) is 11.9 Å². The van der Waals surface area contributed by atoms with E-state index in [2.05, 4.69) is 10.3 Å². The van der Waals surface area contributed by atoms with Crippen LogP contribution in [0.2, 0.25) is 0 Å². The fraction of sp³-hybridized carbons (Fsp3) is 0.381. The Hall–Kier alpha value is -2.67. The Balaban J connectivity index is 1.73. The summed E-state index contributed by atoms with van der Waals surface area (Å²) in [6, 6.07) is 3.89. The highest BCUT2D eigenvalue weighted by Gasteiger charge is 2.28. The summed E-state index contributed by atoms with van der Waals surface area (Å²) >= 11 is 1.49. The lowest BCUT2D eigenvalue weighted by atomic mass is 9.95. The maximum Gasteiger partial charge on any atom is 0.341 e. The van der Waals surface area contributed by atoms with E-state index >= 15 is 0 Å². The summed E-state index contributed by atoms with van der Waals surface area (Å²) in [5.41, 5.74) is 4.52. The molecule has 0 bridgehead atoms. The van der Waals surface area contributed by atoms with E-state index in [9.17, 15) is 9.59 Å². The van der Waals surface area contributed by atoms with Gasteiger partial charge in [-0.05, 0) is 69.7 Å². The number of ether oxygens (including phenoxy) is 1. The molecule has 28 heavy (non-hydrogen) atoms. The Kier molecular flexibility index (Phi) is 4.93. The van der Waals surface area contributed by atoms with Crippen molar-refractivity contribution in [2.24, 2.45) is 0 Å². The zero-order valence-electron chi connectivity index (χ0n) is 16.3. The molecule has 3 heterocycles. The number of aryl methyl sites for hydroxylation is 3. The van der Waals surface area contributed by atoms with Gasteiger partial charge in [0, 0.05) is 11.1 Å². The zero-order chi connectivity index (χ0) is 19.8. The van der Waals surface area contributed by atoms with Crippen molar-refractivity contribution in [2.45, 2.75) is 46.5 Å². The number of imidazole rings is 1. The van der Waals surface area contributed by atoms with Crippen molar-refractivity contribution in [2.75, 3.05) is 11.9 Å². The number of amides is 1. The fourth-order valence-electron chi connectivity index (χ4n) is 3.77. The highest BCUT2D eigenvalue weighted by molar-refractivity contribution is 7.17. The maximum absolute atomic E-state index is 13.1. The number of pyridine rings is 1. The van der Waals surface area contributed by atoms with E-state index < -0.39 is 0 Å². The number of nitrogens with zero attached hydrogens (tertiary/aromatic N) is 2. The molecule has 0 fully saturated rings. The van der Waals surface area contributed by atoms with E-state index in [4.69, 9.17) is 4.74 Å². The molecular weight excluding hydrogens is 374 g/mol. The summed E-state index contributed by atoms with van der Waals surface area (Å²) in [6.45, 7) is 5.91. The first kappa shape index (κ1) is 18.7. The summed E-state index contributed by atoms with van der Waals surface area (Å²) in [7, 11) is 0. The molecule has 1 aliphatic rings. The quantitative estimate of drug-likeness (QED) is 0.666. The predicted octanol–water partition coefficient (Wildman–Crippen LogP) is 4.32. The van der Waals surface area contributed by atoms with Gasteiger partial charge in [-0.15, -0.1) is 11.3 Å². The second kappa shape index (κ2) is 7.39. The Morgan fingerprint density at radius 3 is 2.86 bits per heavy atom. The molecule has 146 valence electrons. The van der Waals surface area contributed by atoms with Gasteiger partial charge in [0.25, 0.3) is 5.91 Å². The van der Waals surface area contributed by atoms with Crippen molar-refractivity contribution in [1.82, 2.24) is 9.38 Å². The highest BCUT2D eigenvalue weighted by atomic mass is 32.1. The van der Waals surface area contributed by atoms with Crippen molar-refractivity contribution in [3.05, 3.63) is 51.3 Å². The maximum atomic E-state index is 13.1. The molecule has 4 rings (SSSR count). The van der Waals surface area contributed by atoms with Crippen molar-refractivity contribution in [3.8, 4) is 0 Å². The lowest BCUT2D eigenvalue weighted by Crippen LogP contribution is -2.18. The number of aromatic nitrogens is 2. The lowest BCUT2D eigenvalue weighted by molar-refractivity contribution is 0.0526. The lowest BCUT2D eigenvalue weighted by Gasteiger charge is -2.12. The number of nitrogens with one attached hydrogen (secondary N) is 1. The summed E-state index contributed by atoms with van der Waals surface area (Å²) in [5.74, 6) is -0.624. The number of fused-ring (bicyclic) bond motifs is 2. The molecule has 3 aromatic heterocycles. The minimum atomic E-state index is -0.359. The summed E-state index contributed by atoms with van der Waals surface area (Å²) in [4.78, 5) is 31.4. The minimum Gasteiger partial charge on any atom is -0.462 e. The van der Waals surface area contributed by atoms with Crippen LogP contribution in [0.3, 0.4) is 0 Å². The molecule has 6 nitrogen and oxygen atoms in total. The second-order valence-corrected chi connectivity index (χ2v) is 8.17. The van der Waals surface area contributed by atoms with Crippen LogP contribution in [0.4, 0.5) is 5.00 Å². The first-order valence-electron chi connectivity index (χ1n) is 9.58. The molecular formula is C21H23N3O3S. The molecule has 1 aliphatic carbocycles. The number of carbonyl (C=O) groups excluding carboxylic acids is 2. The summed E-state index contributed by atoms with van der Waals surface area (Å²) in [5, 5.41) is 3.56. The predicted molar refractivity (Wildman–Crippen MR) is 110 cm³/mol. The van der Waals surface area contributed by atoms with Crippen LogP contribution in [0.15, 0.2) is 18.3 Å². The average molecular weight is 398 g/mol. The van der Waals surface area contributed by atoms with Gasteiger partial charge in [0.15, 0.2) is 0 Å². The summed E-state index contributed by atoms with van der Waals surface area (Å²) < 4.78 is 7.06. The molecule has 0 atom stereocenters. The van der Waals surface area contributed by atoms with Crippen LogP contribution in [0, 0.1) is 13.8 Å². The largest absolute Gasteiger partial charge is 0.462 e. The number of carbonyl (C=O) groups is 2. The molecule has 0 radical (unpaired) electrons. The minimum absolute atomic E-state index is 0.266. The van der Waals surface area contributed by atoms with Crippen molar-refractivity contribution >= 4 is 33.9 Å². The number of anilines is 1. The molecule has 7 heteroatoms. The highest BCUT2D eigenvalue weighted by Crippen LogP contribution is 2.39. The average Bonchev–Trinajstić information content (AvgIpc) is 3.17. The summed E-state index contributed by atoms with van der Waals surface area (Å²) in [6.07, 6.45) is 5.80. The van der Waals surface area contributed by atoms with Crippen molar-refractivity contribution in [3.63, 3.8) is 0 Å². The van der Waals surface area contributed by atoms with Crippen LogP contribution in [-0.4, -0.2) is 27.9 Å². The first-order chi connectivity index (χ1) is 13.5. The molecule has 1 N–H and O–H groups in total. The molecule has 0 aliphatic heterocycles. The van der Waals surface area contributed by atoms with Gasteiger partial charge in [-0.1, -0.05) is 0 Å². The van der Waals surface area contributed by atoms with Gasteiger partial charge >= 0.3 is 5.97 Å². The number of hydrogen-bond acceptors (Lipinski definition) is 5. The number of hydrogen-bond donors (Lipinski definition) is 1. The smallest absolute Gasteiger partial charge is 0.341 e. The SMILES string of the molecule is CCOC(=O)c1c(NC(=O)c2c(C)nc3cc(C)ccn23)sc2c1CCCC2. The first-order valence-corrected chi connectivity index (χ1v) is 10.4. The van der Waals surface area contributed by atoms with Crippen LogP contribution < -0.4 is 5.32 Å². The molecule has 0 saturated heterocycles. The van der Waals surface area contributed by atoms with Gasteiger partial charge in [0.05, 0.1) is 17.9 Å². The van der Waals surface area contributed by atoms with Crippen LogP contribution in [-0.2, 0) is 17.6 Å². The van der Waals surface area contributed by atoms with Crippen LogP contribution in [0.5, 0.6) is 0 Å². The van der Waals surface area contributed by atoms with E-state index in [0.717, 1.165) is 42.5 Å². The number of esters is 1. The van der Waals surface area contributed by atoms with E-state index in [1.807, 2.05) is 32.2 Å². The molecule has 0 unspecified atom stereocenters. The van der Waals surface area contributed by atoms with Gasteiger partial charge in [0.2, 0.25) is 0 Å². The second-order valence-electron chi connectivity index (χ2n) is 7.07. The van der Waals surface area contributed by atoms with E-state index in [1.165, 1.54) is 16.2 Å². The van der Waals surface area contributed by atoms with Crippen LogP contribution >= 0.6 is 11.3 Å². The van der Waals surface area contributed by atoms with E-state index in [1.54, 1.807) is 11.3 Å². The monoisotopic (exact) mass is 397 g/mol. The zero-order valence-corrected chi connectivity index (χ0v) is 17.1. The van der Waals surface area contributed by atoms with Crippen LogP contribution in [0.1, 0.15) is 62.3 Å². The third kappa shape index (κ3) is 3.20. The third-order valence-corrected chi connectivity index (χ3v) is 6.26. The molecule has 0 saturated carbocycles. The number of rotatable bonds is 4. The van der Waals surface area contributed by atoms with E-state index in [0.29, 0.717) is 28.6 Å². The Morgan fingerprint density at radius 2 is 2.07 bits per heavy atom. The Labute approximate surface area is 167 Å². The van der Waals surface area contributed by atoms with Gasteiger partial charge in [-0.25, -0.2) is 9.78 Å². The van der Waals surface area contributed by atoms with Crippen molar-refractivity contribution < 1.29 is 14.3 Å². The van der Waals surface area contributed by atoms with Crippen molar-refractivity contribution in [1.29, 1.82) is 0 Å².